The number of hydrogen-bond donors (Lipinski definition) is 0. The van der Waals surface area contributed by atoms with Crippen LogP contribution in [0.5, 0.6) is 5.88 Å². The Morgan fingerprint density at radius 1 is 1.23 bits per heavy atom. The minimum Gasteiger partial charge on any atom is -0.476 e. The average molecular weight is 315 g/mol. The summed E-state index contributed by atoms with van der Waals surface area (Å²) in [6, 6.07) is 8.01. The van der Waals surface area contributed by atoms with Gasteiger partial charge in [0.2, 0.25) is 11.8 Å². The summed E-state index contributed by atoms with van der Waals surface area (Å²) in [4.78, 5) is 13.3. The van der Waals surface area contributed by atoms with Gasteiger partial charge in [-0.1, -0.05) is 36.4 Å². The molecular weight excluding hydrogens is 298 g/mol. The number of ether oxygens (including phenoxy) is 1. The molecule has 0 bridgehead atoms. The van der Waals surface area contributed by atoms with Crippen LogP contribution in [0.15, 0.2) is 33.8 Å². The van der Waals surface area contributed by atoms with Gasteiger partial charge in [0.25, 0.3) is 5.71 Å². The Balaban J connectivity index is 2.11. The van der Waals surface area contributed by atoms with E-state index in [4.69, 9.17) is 9.15 Å². The number of rotatable bonds is 5. The van der Waals surface area contributed by atoms with Crippen molar-refractivity contribution in [1.82, 2.24) is 15.0 Å². The minimum atomic E-state index is 0.460. The molecule has 6 heteroatoms. The van der Waals surface area contributed by atoms with Crippen LogP contribution < -0.4 is 4.74 Å². The summed E-state index contributed by atoms with van der Waals surface area (Å²) < 4.78 is 11.5. The molecule has 0 saturated carbocycles. The standard InChI is InChI=1S/C16H17N3O2S/c1-4-8-20-14-12-15(19-16(18-14)22-3)21-13(17-12)11-7-5-6-10(2)9-11/h5-7,9H,4,8H2,1-3H3. The summed E-state index contributed by atoms with van der Waals surface area (Å²) in [5, 5.41) is 0.616. The molecule has 0 saturated heterocycles. The molecule has 0 aliphatic rings. The Labute approximate surface area is 133 Å². The van der Waals surface area contributed by atoms with Gasteiger partial charge in [0.05, 0.1) is 6.61 Å². The van der Waals surface area contributed by atoms with Gasteiger partial charge in [-0.2, -0.15) is 9.97 Å². The van der Waals surface area contributed by atoms with Crippen LogP contribution >= 0.6 is 11.8 Å². The molecule has 2 aromatic heterocycles. The summed E-state index contributed by atoms with van der Waals surface area (Å²) in [6.07, 6.45) is 2.82. The second kappa shape index (κ2) is 6.36. The predicted octanol–water partition coefficient (Wildman–Crippen LogP) is 4.10. The first-order chi connectivity index (χ1) is 10.7. The van der Waals surface area contributed by atoms with E-state index in [1.54, 1.807) is 0 Å². The van der Waals surface area contributed by atoms with Crippen molar-refractivity contribution in [1.29, 1.82) is 0 Å². The van der Waals surface area contributed by atoms with E-state index in [1.165, 1.54) is 11.8 Å². The van der Waals surface area contributed by atoms with Crippen molar-refractivity contribution >= 4 is 23.0 Å². The minimum absolute atomic E-state index is 0.460. The number of aromatic nitrogens is 3. The monoisotopic (exact) mass is 315 g/mol. The van der Waals surface area contributed by atoms with Gasteiger partial charge in [0.15, 0.2) is 10.7 Å². The van der Waals surface area contributed by atoms with E-state index in [2.05, 4.69) is 21.9 Å². The van der Waals surface area contributed by atoms with Gasteiger partial charge in [-0.25, -0.2) is 4.98 Å². The molecule has 5 nitrogen and oxygen atoms in total. The second-order valence-corrected chi connectivity index (χ2v) is 5.68. The van der Waals surface area contributed by atoms with Gasteiger partial charge in [-0.3, -0.25) is 0 Å². The van der Waals surface area contributed by atoms with Crippen molar-refractivity contribution in [2.75, 3.05) is 12.9 Å². The highest BCUT2D eigenvalue weighted by molar-refractivity contribution is 7.98. The van der Waals surface area contributed by atoms with Crippen molar-refractivity contribution in [2.45, 2.75) is 25.4 Å². The maximum atomic E-state index is 5.82. The van der Waals surface area contributed by atoms with Crippen LogP contribution in [0.25, 0.3) is 22.7 Å². The SMILES string of the molecule is CCCOc1nc(SC)nc2oc(-c3cccc(C)c3)nc12. The largest absolute Gasteiger partial charge is 0.476 e. The van der Waals surface area contributed by atoms with E-state index in [0.717, 1.165) is 17.5 Å². The Hall–Kier alpha value is -2.08. The van der Waals surface area contributed by atoms with Crippen LogP contribution in [0.1, 0.15) is 18.9 Å². The van der Waals surface area contributed by atoms with Crippen molar-refractivity contribution in [3.63, 3.8) is 0 Å². The highest BCUT2D eigenvalue weighted by Gasteiger charge is 2.17. The lowest BCUT2D eigenvalue weighted by Gasteiger charge is -2.03. The van der Waals surface area contributed by atoms with Crippen LogP contribution in [0.3, 0.4) is 0 Å². The molecule has 0 amide bonds. The molecule has 0 spiro atoms. The molecule has 0 aliphatic carbocycles. The van der Waals surface area contributed by atoms with Crippen LogP contribution in [0.4, 0.5) is 0 Å². The Kier molecular flexibility index (Phi) is 4.29. The maximum absolute atomic E-state index is 5.82. The van der Waals surface area contributed by atoms with Gasteiger partial charge >= 0.3 is 0 Å². The first-order valence-electron chi connectivity index (χ1n) is 7.13. The molecule has 2 heterocycles. The number of benzene rings is 1. The molecule has 1 aromatic carbocycles. The van der Waals surface area contributed by atoms with E-state index in [-0.39, 0.29) is 0 Å². The fraction of sp³-hybridized carbons (Fsp3) is 0.312. The number of thioether (sulfide) groups is 1. The summed E-state index contributed by atoms with van der Waals surface area (Å²) in [7, 11) is 0. The van der Waals surface area contributed by atoms with Crippen molar-refractivity contribution in [2.24, 2.45) is 0 Å². The third-order valence-electron chi connectivity index (χ3n) is 3.10. The van der Waals surface area contributed by atoms with Crippen LogP contribution in [-0.2, 0) is 0 Å². The molecule has 22 heavy (non-hydrogen) atoms. The van der Waals surface area contributed by atoms with E-state index < -0.39 is 0 Å². The third-order valence-corrected chi connectivity index (χ3v) is 3.64. The zero-order valence-corrected chi connectivity index (χ0v) is 13.6. The van der Waals surface area contributed by atoms with E-state index in [9.17, 15) is 0 Å². The van der Waals surface area contributed by atoms with E-state index >= 15 is 0 Å². The van der Waals surface area contributed by atoms with Crippen molar-refractivity contribution in [3.8, 4) is 17.3 Å². The molecular formula is C16H17N3O2S. The highest BCUT2D eigenvalue weighted by atomic mass is 32.2. The lowest BCUT2D eigenvalue weighted by Crippen LogP contribution is -2.00. The lowest BCUT2D eigenvalue weighted by atomic mass is 10.1. The van der Waals surface area contributed by atoms with Crippen LogP contribution in [0.2, 0.25) is 0 Å². The average Bonchev–Trinajstić information content (AvgIpc) is 2.96. The normalized spacial score (nSPS) is 11.0. The maximum Gasteiger partial charge on any atom is 0.255 e. The Morgan fingerprint density at radius 2 is 2.09 bits per heavy atom. The molecule has 0 aliphatic heterocycles. The number of hydrogen-bond acceptors (Lipinski definition) is 6. The summed E-state index contributed by atoms with van der Waals surface area (Å²) in [6.45, 7) is 4.68. The fourth-order valence-electron chi connectivity index (χ4n) is 2.07. The number of oxazole rings is 1. The zero-order chi connectivity index (χ0) is 15.5. The van der Waals surface area contributed by atoms with E-state index in [1.807, 2.05) is 37.4 Å². The third kappa shape index (κ3) is 2.92. The first kappa shape index (κ1) is 14.8. The van der Waals surface area contributed by atoms with Gasteiger partial charge in [0, 0.05) is 5.56 Å². The number of aryl methyl sites for hydroxylation is 1. The van der Waals surface area contributed by atoms with Crippen molar-refractivity contribution < 1.29 is 9.15 Å². The number of nitrogens with zero attached hydrogens (tertiary/aromatic N) is 3. The quantitative estimate of drug-likeness (QED) is 0.522. The van der Waals surface area contributed by atoms with E-state index in [0.29, 0.717) is 34.8 Å². The fourth-order valence-corrected chi connectivity index (χ4v) is 2.42. The smallest absolute Gasteiger partial charge is 0.255 e. The van der Waals surface area contributed by atoms with Crippen molar-refractivity contribution in [3.05, 3.63) is 29.8 Å². The lowest BCUT2D eigenvalue weighted by molar-refractivity contribution is 0.305. The molecule has 114 valence electrons. The van der Waals surface area contributed by atoms with Crippen LogP contribution in [0, 0.1) is 6.92 Å². The molecule has 3 aromatic rings. The molecule has 0 atom stereocenters. The predicted molar refractivity (Wildman–Crippen MR) is 87.3 cm³/mol. The molecule has 0 fully saturated rings. The van der Waals surface area contributed by atoms with Gasteiger partial charge in [-0.15, -0.1) is 0 Å². The van der Waals surface area contributed by atoms with Gasteiger partial charge in [-0.05, 0) is 31.7 Å². The highest BCUT2D eigenvalue weighted by Crippen LogP contribution is 2.30. The first-order valence-corrected chi connectivity index (χ1v) is 8.36. The molecule has 3 rings (SSSR count). The van der Waals surface area contributed by atoms with Gasteiger partial charge in [0.1, 0.15) is 0 Å². The summed E-state index contributed by atoms with van der Waals surface area (Å²) in [5.41, 5.74) is 3.10. The Morgan fingerprint density at radius 3 is 2.82 bits per heavy atom. The Bertz CT molecular complexity index is 801. The number of fused-ring (bicyclic) bond motifs is 1. The molecule has 0 N–H and O–H groups in total. The molecule has 0 unspecified atom stereocenters. The van der Waals surface area contributed by atoms with Crippen LogP contribution in [-0.4, -0.2) is 27.8 Å². The zero-order valence-electron chi connectivity index (χ0n) is 12.8. The molecule has 0 radical (unpaired) electrons. The van der Waals surface area contributed by atoms with Gasteiger partial charge < -0.3 is 9.15 Å². The second-order valence-electron chi connectivity index (χ2n) is 4.91. The topological polar surface area (TPSA) is 61.0 Å². The summed E-state index contributed by atoms with van der Waals surface area (Å²) in [5.74, 6) is 1.02. The summed E-state index contributed by atoms with van der Waals surface area (Å²) >= 11 is 1.45.